The molecule has 18 heavy (non-hydrogen) atoms. The van der Waals surface area contributed by atoms with Crippen molar-refractivity contribution in [3.63, 3.8) is 0 Å². The number of hydrogen-bond acceptors (Lipinski definition) is 3. The fraction of sp³-hybridized carbons (Fsp3) is 0.615. The highest BCUT2D eigenvalue weighted by Gasteiger charge is 2.28. The fourth-order valence-electron chi connectivity index (χ4n) is 2.18. The highest BCUT2D eigenvalue weighted by Crippen LogP contribution is 2.23. The number of rotatable bonds is 2. The molecule has 1 fully saturated rings. The van der Waals surface area contributed by atoms with Crippen LogP contribution in [0.15, 0.2) is 16.5 Å². The number of furan rings is 1. The van der Waals surface area contributed by atoms with Crippen molar-refractivity contribution in [3.8, 4) is 0 Å². The van der Waals surface area contributed by atoms with Crippen molar-refractivity contribution in [3.05, 3.63) is 23.7 Å². The largest absolute Gasteiger partial charge is 0.454 e. The van der Waals surface area contributed by atoms with Gasteiger partial charge in [0.1, 0.15) is 5.76 Å². The summed E-state index contributed by atoms with van der Waals surface area (Å²) >= 11 is 5.91. The first-order chi connectivity index (χ1) is 8.47. The van der Waals surface area contributed by atoms with Crippen LogP contribution in [0.3, 0.4) is 0 Å². The van der Waals surface area contributed by atoms with Gasteiger partial charge in [0, 0.05) is 13.1 Å². The van der Waals surface area contributed by atoms with Gasteiger partial charge in [0.25, 0.3) is 5.91 Å². The number of carbonyl (C=O) groups is 1. The van der Waals surface area contributed by atoms with Gasteiger partial charge in [-0.1, -0.05) is 0 Å². The first-order valence-corrected chi connectivity index (χ1v) is 6.59. The molecular weight excluding hydrogens is 254 g/mol. The van der Waals surface area contributed by atoms with Gasteiger partial charge in [-0.2, -0.15) is 0 Å². The standard InChI is InChI=1S/C13H18ClNO3/c1-8-6-15(7-9(2)17-8)13(16)12-5-4-11(18-12)10(3)14/h4-5,8-10H,6-7H2,1-3H3. The van der Waals surface area contributed by atoms with Crippen LogP contribution >= 0.6 is 11.6 Å². The van der Waals surface area contributed by atoms with Crippen LogP contribution in [-0.4, -0.2) is 36.1 Å². The predicted octanol–water partition coefficient (Wildman–Crippen LogP) is 2.83. The van der Waals surface area contributed by atoms with Crippen molar-refractivity contribution < 1.29 is 13.9 Å². The van der Waals surface area contributed by atoms with Gasteiger partial charge in [-0.05, 0) is 32.9 Å². The Kier molecular flexibility index (Phi) is 3.97. The second-order valence-electron chi connectivity index (χ2n) is 4.79. The summed E-state index contributed by atoms with van der Waals surface area (Å²) in [5.41, 5.74) is 0. The van der Waals surface area contributed by atoms with E-state index >= 15 is 0 Å². The van der Waals surface area contributed by atoms with Crippen LogP contribution in [0.4, 0.5) is 0 Å². The van der Waals surface area contributed by atoms with Crippen molar-refractivity contribution >= 4 is 17.5 Å². The van der Waals surface area contributed by atoms with Crippen LogP contribution in [0.1, 0.15) is 42.5 Å². The highest BCUT2D eigenvalue weighted by molar-refractivity contribution is 6.20. The molecule has 100 valence electrons. The summed E-state index contributed by atoms with van der Waals surface area (Å²) in [5, 5.41) is -0.228. The maximum absolute atomic E-state index is 12.3. The van der Waals surface area contributed by atoms with E-state index in [2.05, 4.69) is 0 Å². The van der Waals surface area contributed by atoms with Crippen LogP contribution < -0.4 is 0 Å². The average molecular weight is 272 g/mol. The maximum atomic E-state index is 12.3. The Labute approximate surface area is 112 Å². The fourth-order valence-corrected chi connectivity index (χ4v) is 2.30. The minimum Gasteiger partial charge on any atom is -0.454 e. The SMILES string of the molecule is CC1CN(C(=O)c2ccc(C(C)Cl)o2)CC(C)O1. The number of morpholine rings is 1. The second-order valence-corrected chi connectivity index (χ2v) is 5.44. The number of carbonyl (C=O) groups excluding carboxylic acids is 1. The van der Waals surface area contributed by atoms with Crippen LogP contribution in [0, 0.1) is 0 Å². The molecule has 5 heteroatoms. The Bertz CT molecular complexity index is 420. The molecule has 0 N–H and O–H groups in total. The van der Waals surface area contributed by atoms with Gasteiger partial charge in [-0.3, -0.25) is 4.79 Å². The van der Waals surface area contributed by atoms with Gasteiger partial charge < -0.3 is 14.1 Å². The van der Waals surface area contributed by atoms with Crippen LogP contribution in [0.5, 0.6) is 0 Å². The number of amides is 1. The van der Waals surface area contributed by atoms with Gasteiger partial charge in [0.2, 0.25) is 0 Å². The molecule has 0 bridgehead atoms. The van der Waals surface area contributed by atoms with Gasteiger partial charge in [0.05, 0.1) is 17.6 Å². The predicted molar refractivity (Wildman–Crippen MR) is 68.9 cm³/mol. The van der Waals surface area contributed by atoms with E-state index in [0.29, 0.717) is 24.6 Å². The van der Waals surface area contributed by atoms with E-state index in [-0.39, 0.29) is 23.5 Å². The molecule has 1 aliphatic heterocycles. The topological polar surface area (TPSA) is 42.7 Å². The molecule has 2 rings (SSSR count). The lowest BCUT2D eigenvalue weighted by atomic mass is 10.2. The van der Waals surface area contributed by atoms with E-state index in [4.69, 9.17) is 20.8 Å². The van der Waals surface area contributed by atoms with Crippen molar-refractivity contribution in [2.24, 2.45) is 0 Å². The molecule has 1 aromatic rings. The number of nitrogens with zero attached hydrogens (tertiary/aromatic N) is 1. The average Bonchev–Trinajstić information content (AvgIpc) is 2.75. The lowest BCUT2D eigenvalue weighted by molar-refractivity contribution is -0.0592. The first-order valence-electron chi connectivity index (χ1n) is 6.16. The first kappa shape index (κ1) is 13.4. The summed E-state index contributed by atoms with van der Waals surface area (Å²) in [6, 6.07) is 3.43. The Morgan fingerprint density at radius 1 is 1.39 bits per heavy atom. The molecule has 1 aliphatic rings. The summed E-state index contributed by atoms with van der Waals surface area (Å²) < 4.78 is 11.1. The van der Waals surface area contributed by atoms with Crippen molar-refractivity contribution in [2.45, 2.75) is 38.4 Å². The third-order valence-electron chi connectivity index (χ3n) is 2.94. The lowest BCUT2D eigenvalue weighted by Crippen LogP contribution is -2.48. The highest BCUT2D eigenvalue weighted by atomic mass is 35.5. The Balaban J connectivity index is 2.10. The number of hydrogen-bond donors (Lipinski definition) is 0. The Morgan fingerprint density at radius 2 is 2.00 bits per heavy atom. The minimum absolute atomic E-state index is 0.0547. The van der Waals surface area contributed by atoms with Gasteiger partial charge in [0.15, 0.2) is 5.76 Å². The molecule has 1 amide bonds. The molecule has 1 aromatic heterocycles. The smallest absolute Gasteiger partial charge is 0.289 e. The summed E-state index contributed by atoms with van der Waals surface area (Å²) in [7, 11) is 0. The quantitative estimate of drug-likeness (QED) is 0.777. The normalized spacial score (nSPS) is 26.1. The molecule has 3 unspecified atom stereocenters. The van der Waals surface area contributed by atoms with Crippen molar-refractivity contribution in [1.29, 1.82) is 0 Å². The monoisotopic (exact) mass is 271 g/mol. The minimum atomic E-state index is -0.228. The zero-order valence-electron chi connectivity index (χ0n) is 10.9. The third-order valence-corrected chi connectivity index (χ3v) is 3.15. The molecule has 0 spiro atoms. The molecule has 0 saturated carbocycles. The van der Waals surface area contributed by atoms with Crippen LogP contribution in [0.25, 0.3) is 0 Å². The molecule has 2 heterocycles. The molecular formula is C13H18ClNO3. The summed E-state index contributed by atoms with van der Waals surface area (Å²) in [4.78, 5) is 14.0. The molecule has 3 atom stereocenters. The van der Waals surface area contributed by atoms with E-state index in [1.807, 2.05) is 20.8 Å². The molecule has 0 radical (unpaired) electrons. The Morgan fingerprint density at radius 3 is 2.50 bits per heavy atom. The zero-order valence-corrected chi connectivity index (χ0v) is 11.6. The van der Waals surface area contributed by atoms with E-state index in [9.17, 15) is 4.79 Å². The third kappa shape index (κ3) is 2.87. The van der Waals surface area contributed by atoms with E-state index in [1.54, 1.807) is 17.0 Å². The van der Waals surface area contributed by atoms with E-state index in [0.717, 1.165) is 0 Å². The van der Waals surface area contributed by atoms with E-state index < -0.39 is 0 Å². The van der Waals surface area contributed by atoms with Gasteiger partial charge in [-0.25, -0.2) is 0 Å². The number of alkyl halides is 1. The summed E-state index contributed by atoms with van der Waals surface area (Å²) in [5.74, 6) is 0.869. The molecule has 0 aliphatic carbocycles. The summed E-state index contributed by atoms with van der Waals surface area (Å²) in [6.45, 7) is 6.92. The van der Waals surface area contributed by atoms with Gasteiger partial charge in [-0.15, -0.1) is 11.6 Å². The molecule has 1 saturated heterocycles. The molecule has 0 aromatic carbocycles. The van der Waals surface area contributed by atoms with Crippen molar-refractivity contribution in [2.75, 3.05) is 13.1 Å². The van der Waals surface area contributed by atoms with Crippen molar-refractivity contribution in [1.82, 2.24) is 4.90 Å². The molecule has 4 nitrogen and oxygen atoms in total. The summed E-state index contributed by atoms with van der Waals surface area (Å²) in [6.07, 6.45) is 0.109. The number of ether oxygens (including phenoxy) is 1. The number of halogens is 1. The van der Waals surface area contributed by atoms with Gasteiger partial charge >= 0.3 is 0 Å². The second kappa shape index (κ2) is 5.33. The Hall–Kier alpha value is -1.00. The van der Waals surface area contributed by atoms with E-state index in [1.165, 1.54) is 0 Å². The van der Waals surface area contributed by atoms with Crippen LogP contribution in [0.2, 0.25) is 0 Å². The lowest BCUT2D eigenvalue weighted by Gasteiger charge is -2.34. The maximum Gasteiger partial charge on any atom is 0.289 e. The zero-order chi connectivity index (χ0) is 13.3. The van der Waals surface area contributed by atoms with Crippen LogP contribution in [-0.2, 0) is 4.74 Å².